The Hall–Kier alpha value is -1.33. The molecule has 0 amide bonds. The summed E-state index contributed by atoms with van der Waals surface area (Å²) >= 11 is 0. The van der Waals surface area contributed by atoms with Gasteiger partial charge in [-0.2, -0.15) is 0 Å². The van der Waals surface area contributed by atoms with Crippen LogP contribution in [0.25, 0.3) is 0 Å². The van der Waals surface area contributed by atoms with Gasteiger partial charge in [0, 0.05) is 0 Å². The molecule has 0 fully saturated rings. The first-order valence-corrected chi connectivity index (χ1v) is 3.94. The van der Waals surface area contributed by atoms with Crippen LogP contribution in [0.2, 0.25) is 0 Å². The molecule has 0 heterocycles. The summed E-state index contributed by atoms with van der Waals surface area (Å²) in [7, 11) is 0. The highest BCUT2D eigenvalue weighted by Crippen LogP contribution is 1.78. The van der Waals surface area contributed by atoms with E-state index in [0.717, 1.165) is 0 Å². The molecule has 0 unspecified atom stereocenters. The van der Waals surface area contributed by atoms with E-state index in [0.29, 0.717) is 26.4 Å². The minimum absolute atomic E-state index is 0.595. The molecule has 0 aromatic rings. The second-order valence-electron chi connectivity index (χ2n) is 2.01. The third-order valence-electron chi connectivity index (χ3n) is 0.843. The lowest BCUT2D eigenvalue weighted by atomic mass is 10.6. The zero-order valence-corrected chi connectivity index (χ0v) is 8.02. The molecule has 0 aromatic carbocycles. The molecule has 0 spiro atoms. The number of hydrogen-bond donors (Lipinski definition) is 2. The Labute approximate surface area is 83.3 Å². The molecular weight excluding hydrogens is 188 g/mol. The molecule has 2 N–H and O–H groups in total. The summed E-state index contributed by atoms with van der Waals surface area (Å²) in [5.74, 6) is 0. The van der Waals surface area contributed by atoms with Crippen LogP contribution in [-0.4, -0.2) is 42.8 Å². The molecule has 82 valence electrons. The number of hydrogen-bond acceptors (Lipinski definition) is 3. The van der Waals surface area contributed by atoms with Crippen molar-refractivity contribution < 1.29 is 24.5 Å². The van der Waals surface area contributed by atoms with Crippen molar-refractivity contribution >= 4 is 6.16 Å². The van der Waals surface area contributed by atoms with Gasteiger partial charge in [0.1, 0.15) is 0 Å². The summed E-state index contributed by atoms with van der Waals surface area (Å²) in [6.07, 6.45) is 1.60. The van der Waals surface area contributed by atoms with Crippen LogP contribution in [0.1, 0.15) is 0 Å². The zero-order chi connectivity index (χ0) is 11.2. The van der Waals surface area contributed by atoms with Gasteiger partial charge in [0.25, 0.3) is 0 Å². The van der Waals surface area contributed by atoms with Crippen LogP contribution in [0.15, 0.2) is 25.3 Å². The van der Waals surface area contributed by atoms with E-state index in [1.54, 1.807) is 12.2 Å². The van der Waals surface area contributed by atoms with E-state index in [2.05, 4.69) is 13.2 Å². The molecule has 5 heteroatoms. The Morgan fingerprint density at radius 3 is 1.57 bits per heavy atom. The number of carbonyl (C=O) groups is 1. The van der Waals surface area contributed by atoms with Crippen LogP contribution in [0.5, 0.6) is 0 Å². The average molecular weight is 204 g/mol. The van der Waals surface area contributed by atoms with Crippen LogP contribution in [0, 0.1) is 0 Å². The SMILES string of the molecule is C=CCOCCOCC=C.O=C(O)O. The third-order valence-corrected chi connectivity index (χ3v) is 0.843. The first-order valence-electron chi connectivity index (χ1n) is 3.94. The van der Waals surface area contributed by atoms with E-state index in [4.69, 9.17) is 24.5 Å². The van der Waals surface area contributed by atoms with Gasteiger partial charge in [0.15, 0.2) is 0 Å². The fourth-order valence-corrected chi connectivity index (χ4v) is 0.451. The van der Waals surface area contributed by atoms with Crippen molar-refractivity contribution in [3.63, 3.8) is 0 Å². The van der Waals surface area contributed by atoms with E-state index in [9.17, 15) is 0 Å². The Balaban J connectivity index is 0. The lowest BCUT2D eigenvalue weighted by Crippen LogP contribution is -2.03. The summed E-state index contributed by atoms with van der Waals surface area (Å²) in [5.41, 5.74) is 0. The van der Waals surface area contributed by atoms with Gasteiger partial charge in [0.2, 0.25) is 0 Å². The average Bonchev–Trinajstić information content (AvgIpc) is 2.10. The topological polar surface area (TPSA) is 76.0 Å². The molecule has 14 heavy (non-hydrogen) atoms. The molecule has 0 radical (unpaired) electrons. The second kappa shape index (κ2) is 14.2. The van der Waals surface area contributed by atoms with Gasteiger partial charge in [-0.3, -0.25) is 0 Å². The highest BCUT2D eigenvalue weighted by atomic mass is 16.6. The van der Waals surface area contributed by atoms with Gasteiger partial charge in [-0.25, -0.2) is 4.79 Å². The van der Waals surface area contributed by atoms with Gasteiger partial charge in [-0.05, 0) is 0 Å². The smallest absolute Gasteiger partial charge is 0.450 e. The maximum absolute atomic E-state index is 8.56. The zero-order valence-electron chi connectivity index (χ0n) is 8.02. The van der Waals surface area contributed by atoms with E-state index in [1.807, 2.05) is 0 Å². The molecule has 5 nitrogen and oxygen atoms in total. The Bertz CT molecular complexity index is 139. The first-order chi connectivity index (χ1) is 6.65. The van der Waals surface area contributed by atoms with Crippen molar-refractivity contribution in [1.29, 1.82) is 0 Å². The second-order valence-corrected chi connectivity index (χ2v) is 2.01. The lowest BCUT2D eigenvalue weighted by molar-refractivity contribution is 0.0710. The minimum atomic E-state index is -1.83. The molecule has 0 aliphatic heterocycles. The molecule has 0 aliphatic carbocycles. The maximum Gasteiger partial charge on any atom is 0.503 e. The summed E-state index contributed by atoms with van der Waals surface area (Å²) in [6, 6.07) is 0. The highest BCUT2D eigenvalue weighted by Gasteiger charge is 1.83. The Morgan fingerprint density at radius 1 is 1.07 bits per heavy atom. The molecule has 0 rings (SSSR count). The quantitative estimate of drug-likeness (QED) is 0.486. The van der Waals surface area contributed by atoms with E-state index in [1.165, 1.54) is 0 Å². The van der Waals surface area contributed by atoms with Crippen LogP contribution in [-0.2, 0) is 9.47 Å². The van der Waals surface area contributed by atoms with Gasteiger partial charge in [-0.1, -0.05) is 12.2 Å². The van der Waals surface area contributed by atoms with E-state index in [-0.39, 0.29) is 0 Å². The lowest BCUT2D eigenvalue weighted by Gasteiger charge is -2.00. The largest absolute Gasteiger partial charge is 0.503 e. The highest BCUT2D eigenvalue weighted by molar-refractivity contribution is 5.53. The fourth-order valence-electron chi connectivity index (χ4n) is 0.451. The van der Waals surface area contributed by atoms with E-state index < -0.39 is 6.16 Å². The number of ether oxygens (including phenoxy) is 2. The molecule has 0 aliphatic rings. The van der Waals surface area contributed by atoms with Gasteiger partial charge in [0.05, 0.1) is 26.4 Å². The minimum Gasteiger partial charge on any atom is -0.450 e. The van der Waals surface area contributed by atoms with Crippen molar-refractivity contribution in [3.8, 4) is 0 Å². The van der Waals surface area contributed by atoms with Crippen molar-refractivity contribution in [2.24, 2.45) is 0 Å². The molecule has 0 saturated carbocycles. The van der Waals surface area contributed by atoms with Crippen LogP contribution in [0.3, 0.4) is 0 Å². The van der Waals surface area contributed by atoms with Crippen LogP contribution < -0.4 is 0 Å². The van der Waals surface area contributed by atoms with E-state index >= 15 is 0 Å². The van der Waals surface area contributed by atoms with Gasteiger partial charge >= 0.3 is 6.16 Å². The Morgan fingerprint density at radius 2 is 1.36 bits per heavy atom. The predicted molar refractivity (Wildman–Crippen MR) is 52.7 cm³/mol. The van der Waals surface area contributed by atoms with Crippen molar-refractivity contribution in [2.75, 3.05) is 26.4 Å². The van der Waals surface area contributed by atoms with Crippen LogP contribution >= 0.6 is 0 Å². The normalized spacial score (nSPS) is 8.29. The summed E-state index contributed by atoms with van der Waals surface area (Å²) in [4.78, 5) is 8.56. The monoisotopic (exact) mass is 204 g/mol. The predicted octanol–water partition coefficient (Wildman–Crippen LogP) is 1.61. The summed E-state index contributed by atoms with van der Waals surface area (Å²) < 4.78 is 10.1. The van der Waals surface area contributed by atoms with Gasteiger partial charge in [-0.15, -0.1) is 13.2 Å². The molecule has 0 bridgehead atoms. The third kappa shape index (κ3) is 31.0. The van der Waals surface area contributed by atoms with Crippen molar-refractivity contribution in [3.05, 3.63) is 25.3 Å². The Kier molecular flexibility index (Phi) is 15.4. The van der Waals surface area contributed by atoms with Crippen molar-refractivity contribution in [2.45, 2.75) is 0 Å². The maximum atomic E-state index is 8.56. The first kappa shape index (κ1) is 15.2. The number of carboxylic acid groups (broad SMARTS) is 2. The standard InChI is InChI=1S/C8H14O2.CH2O3/c1-3-5-9-7-8-10-6-4-2;2-1(3)4/h3-4H,1-2,5-8H2;(H2,2,3,4). The molecule has 0 saturated heterocycles. The van der Waals surface area contributed by atoms with Crippen LogP contribution in [0.4, 0.5) is 4.79 Å². The molecule has 0 aromatic heterocycles. The molecule has 0 atom stereocenters. The van der Waals surface area contributed by atoms with Gasteiger partial charge < -0.3 is 19.7 Å². The summed E-state index contributed by atoms with van der Waals surface area (Å²) in [5, 5.41) is 13.9. The fraction of sp³-hybridized carbons (Fsp3) is 0.444. The summed E-state index contributed by atoms with van der Waals surface area (Å²) in [6.45, 7) is 9.46. The van der Waals surface area contributed by atoms with Crippen molar-refractivity contribution in [1.82, 2.24) is 0 Å². The number of rotatable bonds is 7. The molecular formula is C9H16O5.